The SMILES string of the molecule is O=C(Cn1cnc(NC(=O)c2cccs2)n1)NCc1ccccc1. The van der Waals surface area contributed by atoms with E-state index in [1.54, 1.807) is 12.1 Å². The maximum absolute atomic E-state index is 11.9. The predicted octanol–water partition coefficient (Wildman–Crippen LogP) is 1.91. The molecule has 0 bridgehead atoms. The van der Waals surface area contributed by atoms with Crippen molar-refractivity contribution in [1.29, 1.82) is 0 Å². The van der Waals surface area contributed by atoms with Gasteiger partial charge >= 0.3 is 0 Å². The van der Waals surface area contributed by atoms with E-state index in [4.69, 9.17) is 0 Å². The number of carbonyl (C=O) groups excluding carboxylic acids is 2. The number of nitrogens with zero attached hydrogens (tertiary/aromatic N) is 3. The molecular weight excluding hydrogens is 326 g/mol. The van der Waals surface area contributed by atoms with Crippen LogP contribution < -0.4 is 10.6 Å². The molecule has 0 aliphatic carbocycles. The van der Waals surface area contributed by atoms with Crippen molar-refractivity contribution in [2.45, 2.75) is 13.1 Å². The molecule has 0 spiro atoms. The summed E-state index contributed by atoms with van der Waals surface area (Å²) in [7, 11) is 0. The highest BCUT2D eigenvalue weighted by Gasteiger charge is 2.11. The van der Waals surface area contributed by atoms with Gasteiger partial charge in [0, 0.05) is 6.54 Å². The molecule has 2 amide bonds. The Morgan fingerprint density at radius 2 is 1.96 bits per heavy atom. The predicted molar refractivity (Wildman–Crippen MR) is 90.6 cm³/mol. The third-order valence-corrected chi connectivity index (χ3v) is 4.01. The van der Waals surface area contributed by atoms with E-state index in [2.05, 4.69) is 20.7 Å². The Morgan fingerprint density at radius 3 is 2.71 bits per heavy atom. The van der Waals surface area contributed by atoms with Crippen LogP contribution in [0.5, 0.6) is 0 Å². The van der Waals surface area contributed by atoms with E-state index in [1.807, 2.05) is 35.7 Å². The lowest BCUT2D eigenvalue weighted by Crippen LogP contribution is -2.27. The minimum Gasteiger partial charge on any atom is -0.350 e. The molecule has 3 aromatic rings. The molecule has 1 aromatic carbocycles. The standard InChI is InChI=1S/C16H15N5O2S/c22-14(17-9-12-5-2-1-3-6-12)10-21-11-18-16(20-21)19-15(23)13-7-4-8-24-13/h1-8,11H,9-10H2,(H,17,22)(H,19,20,23). The van der Waals surface area contributed by atoms with Gasteiger partial charge in [-0.25, -0.2) is 9.67 Å². The highest BCUT2D eigenvalue weighted by atomic mass is 32.1. The van der Waals surface area contributed by atoms with Gasteiger partial charge in [0.1, 0.15) is 12.9 Å². The molecule has 0 aliphatic heterocycles. The van der Waals surface area contributed by atoms with Gasteiger partial charge in [0.15, 0.2) is 0 Å². The molecule has 0 saturated carbocycles. The van der Waals surface area contributed by atoms with Crippen LogP contribution >= 0.6 is 11.3 Å². The molecule has 0 fully saturated rings. The first-order chi connectivity index (χ1) is 11.7. The van der Waals surface area contributed by atoms with Crippen LogP contribution in [0, 0.1) is 0 Å². The van der Waals surface area contributed by atoms with Crippen molar-refractivity contribution < 1.29 is 9.59 Å². The maximum atomic E-state index is 11.9. The molecule has 0 aliphatic rings. The third kappa shape index (κ3) is 4.26. The van der Waals surface area contributed by atoms with Gasteiger partial charge in [0.05, 0.1) is 4.88 Å². The number of hydrogen-bond donors (Lipinski definition) is 2. The van der Waals surface area contributed by atoms with Crippen molar-refractivity contribution >= 4 is 29.1 Å². The second kappa shape index (κ2) is 7.51. The highest BCUT2D eigenvalue weighted by Crippen LogP contribution is 2.10. The lowest BCUT2D eigenvalue weighted by molar-refractivity contribution is -0.122. The molecule has 2 heterocycles. The summed E-state index contributed by atoms with van der Waals surface area (Å²) in [5.41, 5.74) is 1.02. The topological polar surface area (TPSA) is 88.9 Å². The molecule has 2 N–H and O–H groups in total. The van der Waals surface area contributed by atoms with Gasteiger partial charge in [-0.1, -0.05) is 36.4 Å². The lowest BCUT2D eigenvalue weighted by Gasteiger charge is -2.05. The third-order valence-electron chi connectivity index (χ3n) is 3.14. The van der Waals surface area contributed by atoms with E-state index in [0.717, 1.165) is 5.56 Å². The first-order valence-corrected chi connectivity index (χ1v) is 8.13. The molecule has 122 valence electrons. The van der Waals surface area contributed by atoms with Crippen LogP contribution in [0.3, 0.4) is 0 Å². The van der Waals surface area contributed by atoms with E-state index in [-0.39, 0.29) is 24.3 Å². The summed E-state index contributed by atoms with van der Waals surface area (Å²) < 4.78 is 1.38. The van der Waals surface area contributed by atoms with E-state index >= 15 is 0 Å². The number of aromatic nitrogens is 3. The smallest absolute Gasteiger partial charge is 0.268 e. The fourth-order valence-electron chi connectivity index (χ4n) is 2.00. The van der Waals surface area contributed by atoms with Crippen molar-refractivity contribution in [3.63, 3.8) is 0 Å². The number of thiophene rings is 1. The highest BCUT2D eigenvalue weighted by molar-refractivity contribution is 7.12. The van der Waals surface area contributed by atoms with E-state index < -0.39 is 0 Å². The van der Waals surface area contributed by atoms with Crippen molar-refractivity contribution in [3.8, 4) is 0 Å². The van der Waals surface area contributed by atoms with Gasteiger partial charge in [-0.3, -0.25) is 14.9 Å². The molecule has 24 heavy (non-hydrogen) atoms. The largest absolute Gasteiger partial charge is 0.350 e. The fraction of sp³-hybridized carbons (Fsp3) is 0.125. The second-order valence-corrected chi connectivity index (χ2v) is 5.91. The fourth-order valence-corrected chi connectivity index (χ4v) is 2.62. The van der Waals surface area contributed by atoms with E-state index in [1.165, 1.54) is 22.3 Å². The van der Waals surface area contributed by atoms with Crippen LogP contribution in [0.2, 0.25) is 0 Å². The Morgan fingerprint density at radius 1 is 1.12 bits per heavy atom. The van der Waals surface area contributed by atoms with Crippen molar-refractivity contribution in [3.05, 3.63) is 64.6 Å². The number of hydrogen-bond acceptors (Lipinski definition) is 5. The Kier molecular flexibility index (Phi) is 4.97. The molecule has 3 rings (SSSR count). The zero-order valence-electron chi connectivity index (χ0n) is 12.7. The number of carbonyl (C=O) groups is 2. The summed E-state index contributed by atoms with van der Waals surface area (Å²) in [6, 6.07) is 13.1. The molecule has 2 aromatic heterocycles. The molecular formula is C16H15N5O2S. The Hall–Kier alpha value is -3.00. The summed E-state index contributed by atoms with van der Waals surface area (Å²) in [6.45, 7) is 0.491. The van der Waals surface area contributed by atoms with Gasteiger partial charge in [-0.2, -0.15) is 0 Å². The van der Waals surface area contributed by atoms with Crippen LogP contribution in [0.25, 0.3) is 0 Å². The van der Waals surface area contributed by atoms with Crippen LogP contribution in [-0.2, 0) is 17.9 Å². The van der Waals surface area contributed by atoms with Crippen LogP contribution in [0.4, 0.5) is 5.95 Å². The van der Waals surface area contributed by atoms with Gasteiger partial charge in [0.2, 0.25) is 11.9 Å². The molecule has 0 radical (unpaired) electrons. The summed E-state index contributed by atoms with van der Waals surface area (Å²) in [5, 5.41) is 11.3. The number of nitrogens with one attached hydrogen (secondary N) is 2. The average Bonchev–Trinajstić information content (AvgIpc) is 3.26. The van der Waals surface area contributed by atoms with Gasteiger partial charge in [-0.15, -0.1) is 16.4 Å². The summed E-state index contributed by atoms with van der Waals surface area (Å²) in [4.78, 5) is 28.4. The minimum absolute atomic E-state index is 0.0364. The Bertz CT molecular complexity index is 814. The monoisotopic (exact) mass is 341 g/mol. The van der Waals surface area contributed by atoms with Crippen LogP contribution in [-0.4, -0.2) is 26.6 Å². The normalized spacial score (nSPS) is 10.3. The van der Waals surface area contributed by atoms with Crippen molar-refractivity contribution in [2.24, 2.45) is 0 Å². The van der Waals surface area contributed by atoms with Crippen molar-refractivity contribution in [2.75, 3.05) is 5.32 Å². The first kappa shape index (κ1) is 15.9. The number of benzene rings is 1. The number of rotatable bonds is 6. The van der Waals surface area contributed by atoms with E-state index in [9.17, 15) is 9.59 Å². The summed E-state index contributed by atoms with van der Waals surface area (Å²) >= 11 is 1.33. The van der Waals surface area contributed by atoms with Crippen LogP contribution in [0.15, 0.2) is 54.2 Å². The Labute approximate surface area is 142 Å². The second-order valence-electron chi connectivity index (χ2n) is 4.96. The lowest BCUT2D eigenvalue weighted by atomic mass is 10.2. The van der Waals surface area contributed by atoms with Crippen molar-refractivity contribution in [1.82, 2.24) is 20.1 Å². The molecule has 8 heteroatoms. The van der Waals surface area contributed by atoms with Gasteiger partial charge in [-0.05, 0) is 17.0 Å². The van der Waals surface area contributed by atoms with Gasteiger partial charge in [0.25, 0.3) is 5.91 Å². The zero-order chi connectivity index (χ0) is 16.8. The average molecular weight is 341 g/mol. The number of anilines is 1. The molecule has 0 unspecified atom stereocenters. The molecule has 0 saturated heterocycles. The first-order valence-electron chi connectivity index (χ1n) is 7.25. The minimum atomic E-state index is -0.267. The quantitative estimate of drug-likeness (QED) is 0.717. The molecule has 7 nitrogen and oxygen atoms in total. The molecule has 0 atom stereocenters. The van der Waals surface area contributed by atoms with Gasteiger partial charge < -0.3 is 5.32 Å². The Balaban J connectivity index is 1.50. The zero-order valence-corrected chi connectivity index (χ0v) is 13.5. The van der Waals surface area contributed by atoms with Crippen LogP contribution in [0.1, 0.15) is 15.2 Å². The summed E-state index contributed by atoms with van der Waals surface area (Å²) in [6.07, 6.45) is 1.41. The summed E-state index contributed by atoms with van der Waals surface area (Å²) in [5.74, 6) is -0.277. The van der Waals surface area contributed by atoms with E-state index in [0.29, 0.717) is 11.4 Å². The maximum Gasteiger partial charge on any atom is 0.268 e. The number of amides is 2.